The van der Waals surface area contributed by atoms with Gasteiger partial charge in [0, 0.05) is 43.3 Å². The van der Waals surface area contributed by atoms with Crippen molar-refractivity contribution >= 4 is 56.0 Å². The minimum atomic E-state index is -2.71. The molecule has 0 amide bonds. The minimum absolute atomic E-state index is 0.281. The van der Waals surface area contributed by atoms with Crippen LogP contribution in [0.5, 0.6) is 5.75 Å². The summed E-state index contributed by atoms with van der Waals surface area (Å²) in [4.78, 5) is 0. The van der Waals surface area contributed by atoms with Gasteiger partial charge in [0.15, 0.2) is 7.28 Å². The molecular formula is C30H29BrFN2OP. The second kappa shape index (κ2) is 9.53. The molecule has 0 saturated heterocycles. The number of rotatable bonds is 5. The molecule has 0 aliphatic heterocycles. The van der Waals surface area contributed by atoms with Crippen LogP contribution in [0.2, 0.25) is 0 Å². The van der Waals surface area contributed by atoms with E-state index in [0.29, 0.717) is 5.69 Å². The Morgan fingerprint density at radius 2 is 1.53 bits per heavy atom. The van der Waals surface area contributed by atoms with Crippen LogP contribution in [0.4, 0.5) is 10.1 Å². The third-order valence-electron chi connectivity index (χ3n) is 6.47. The van der Waals surface area contributed by atoms with Crippen molar-refractivity contribution in [3.8, 4) is 5.75 Å². The number of halogens is 2. The summed E-state index contributed by atoms with van der Waals surface area (Å²) in [5, 5.41) is 3.11. The fourth-order valence-corrected chi connectivity index (χ4v) is 8.03. The molecule has 0 radical (unpaired) electrons. The van der Waals surface area contributed by atoms with Crippen molar-refractivity contribution in [2.75, 3.05) is 0 Å². The first-order valence-electron chi connectivity index (χ1n) is 12.1. The van der Waals surface area contributed by atoms with E-state index in [2.05, 4.69) is 90.7 Å². The van der Waals surface area contributed by atoms with E-state index >= 15 is 0 Å². The van der Waals surface area contributed by atoms with Gasteiger partial charge >= 0.3 is 0 Å². The first-order chi connectivity index (χ1) is 17.2. The lowest BCUT2D eigenvalue weighted by Crippen LogP contribution is -2.27. The van der Waals surface area contributed by atoms with Crippen LogP contribution in [-0.4, -0.2) is 9.72 Å². The van der Waals surface area contributed by atoms with Crippen molar-refractivity contribution in [2.45, 2.75) is 39.4 Å². The highest BCUT2D eigenvalue weighted by Gasteiger charge is 2.39. The molecule has 0 saturated carbocycles. The summed E-state index contributed by atoms with van der Waals surface area (Å²) in [6.07, 6.45) is 0. The van der Waals surface area contributed by atoms with Gasteiger partial charge in [0.25, 0.3) is 0 Å². The summed E-state index contributed by atoms with van der Waals surface area (Å²) < 4.78 is 29.3. The van der Waals surface area contributed by atoms with E-state index in [9.17, 15) is 4.39 Å². The third-order valence-corrected chi connectivity index (χ3v) is 10.8. The average molecular weight is 563 g/mol. The molecule has 0 aliphatic carbocycles. The van der Waals surface area contributed by atoms with Gasteiger partial charge in [-0.2, -0.15) is 0 Å². The molecule has 36 heavy (non-hydrogen) atoms. The van der Waals surface area contributed by atoms with Gasteiger partial charge in [-0.1, -0.05) is 54.9 Å². The largest absolute Gasteiger partial charge is 0.455 e. The van der Waals surface area contributed by atoms with Crippen molar-refractivity contribution in [3.63, 3.8) is 0 Å². The monoisotopic (exact) mass is 562 g/mol. The number of benzene rings is 4. The Labute approximate surface area is 220 Å². The Balaban J connectivity index is 1.83. The summed E-state index contributed by atoms with van der Waals surface area (Å²) in [6.45, 7) is 9.58. The predicted molar refractivity (Wildman–Crippen MR) is 155 cm³/mol. The molecule has 0 N–H and O–H groups in total. The van der Waals surface area contributed by atoms with Gasteiger partial charge in [-0.15, -0.1) is 0 Å². The SMILES string of the molecule is CCn1c2ccccc2c2cc([P@@](=Nc3ccc(F)cc3)(Oc3ccc(Br)cc3)C(C)(C)C)ccc21. The summed E-state index contributed by atoms with van der Waals surface area (Å²) in [5.41, 5.74) is 3.11. The summed E-state index contributed by atoms with van der Waals surface area (Å²) in [7, 11) is -2.71. The molecule has 184 valence electrons. The van der Waals surface area contributed by atoms with Gasteiger partial charge in [-0.25, -0.2) is 9.14 Å². The Morgan fingerprint density at radius 1 is 0.861 bits per heavy atom. The van der Waals surface area contributed by atoms with Gasteiger partial charge < -0.3 is 9.09 Å². The molecule has 6 heteroatoms. The normalized spacial score (nSPS) is 13.6. The maximum atomic E-state index is 13.7. The van der Waals surface area contributed by atoms with Crippen LogP contribution in [0.25, 0.3) is 21.8 Å². The van der Waals surface area contributed by atoms with Crippen molar-refractivity contribution in [1.82, 2.24) is 4.57 Å². The molecule has 1 heterocycles. The van der Waals surface area contributed by atoms with Crippen molar-refractivity contribution < 1.29 is 8.91 Å². The zero-order chi connectivity index (χ0) is 25.5. The van der Waals surface area contributed by atoms with E-state index in [1.165, 1.54) is 33.9 Å². The smallest absolute Gasteiger partial charge is 0.173 e. The zero-order valence-electron chi connectivity index (χ0n) is 20.9. The summed E-state index contributed by atoms with van der Waals surface area (Å²) in [6, 6.07) is 29.4. The first kappa shape index (κ1) is 24.8. The second-order valence-corrected chi connectivity index (χ2v) is 14.1. The van der Waals surface area contributed by atoms with Crippen molar-refractivity contribution in [3.05, 3.63) is 101 Å². The maximum Gasteiger partial charge on any atom is 0.173 e. The number of nitrogens with zero attached hydrogens (tertiary/aromatic N) is 2. The van der Waals surface area contributed by atoms with E-state index in [1.54, 1.807) is 12.1 Å². The first-order valence-corrected chi connectivity index (χ1v) is 14.5. The molecule has 0 fully saturated rings. The standard InChI is InChI=1S/C30H29BrFN2OP/c1-5-34-28-9-7-6-8-26(28)27-20-25(18-19-29(27)34)36(30(2,3)4,33-23-14-12-22(32)13-15-23)35-24-16-10-21(31)11-17-24/h6-20H,5H2,1-4H3/t36-/m1/s1. The van der Waals surface area contributed by atoms with Crippen LogP contribution in [0.15, 0.2) is 100 Å². The molecule has 0 aliphatic rings. The van der Waals surface area contributed by atoms with Gasteiger partial charge in [0.05, 0.1) is 5.69 Å². The van der Waals surface area contributed by atoms with Crippen LogP contribution >= 0.6 is 23.2 Å². The molecule has 5 rings (SSSR count). The highest BCUT2D eigenvalue weighted by molar-refractivity contribution is 9.10. The molecule has 1 aromatic heterocycles. The second-order valence-electron chi connectivity index (χ2n) is 9.83. The van der Waals surface area contributed by atoms with E-state index in [0.717, 1.165) is 22.1 Å². The summed E-state index contributed by atoms with van der Waals surface area (Å²) >= 11 is 3.52. The average Bonchev–Trinajstić information content (AvgIpc) is 3.18. The molecule has 0 bridgehead atoms. The van der Waals surface area contributed by atoms with Crippen LogP contribution < -0.4 is 9.83 Å². The van der Waals surface area contributed by atoms with Crippen LogP contribution in [0, 0.1) is 5.82 Å². The molecule has 0 spiro atoms. The molecule has 4 aromatic carbocycles. The van der Waals surface area contributed by atoms with Crippen molar-refractivity contribution in [2.24, 2.45) is 4.74 Å². The summed E-state index contributed by atoms with van der Waals surface area (Å²) in [5.74, 6) is 0.472. The Kier molecular flexibility index (Phi) is 6.57. The number of hydrogen-bond donors (Lipinski definition) is 0. The third kappa shape index (κ3) is 4.40. The lowest BCUT2D eigenvalue weighted by molar-refractivity contribution is 0.571. The predicted octanol–water partition coefficient (Wildman–Crippen LogP) is 9.67. The minimum Gasteiger partial charge on any atom is -0.455 e. The highest BCUT2D eigenvalue weighted by atomic mass is 79.9. The fraction of sp³-hybridized carbons (Fsp3) is 0.200. The van der Waals surface area contributed by atoms with Crippen LogP contribution in [0.1, 0.15) is 27.7 Å². The lowest BCUT2D eigenvalue weighted by atomic mass is 10.1. The van der Waals surface area contributed by atoms with E-state index in [1.807, 2.05) is 24.3 Å². The topological polar surface area (TPSA) is 26.5 Å². The lowest BCUT2D eigenvalue weighted by Gasteiger charge is -2.37. The van der Waals surface area contributed by atoms with Gasteiger partial charge in [-0.05, 0) is 79.7 Å². The Bertz CT molecular complexity index is 1600. The molecule has 5 aromatic rings. The quantitative estimate of drug-likeness (QED) is 0.196. The van der Waals surface area contributed by atoms with Gasteiger partial charge in [0.2, 0.25) is 0 Å². The Morgan fingerprint density at radius 3 is 2.19 bits per heavy atom. The van der Waals surface area contributed by atoms with E-state index in [-0.39, 0.29) is 11.0 Å². The van der Waals surface area contributed by atoms with Crippen molar-refractivity contribution in [1.29, 1.82) is 0 Å². The fourth-order valence-electron chi connectivity index (χ4n) is 4.69. The molecule has 0 unspecified atom stereocenters. The molecule has 1 atom stereocenters. The Hall–Kier alpha value is -2.88. The highest BCUT2D eigenvalue weighted by Crippen LogP contribution is 2.62. The number of para-hydroxylation sites is 1. The number of aromatic nitrogens is 1. The van der Waals surface area contributed by atoms with Gasteiger partial charge in [0.1, 0.15) is 11.6 Å². The number of hydrogen-bond acceptors (Lipinski definition) is 2. The van der Waals surface area contributed by atoms with Crippen LogP contribution in [0.3, 0.4) is 0 Å². The zero-order valence-corrected chi connectivity index (χ0v) is 23.4. The van der Waals surface area contributed by atoms with Crippen LogP contribution in [-0.2, 0) is 6.54 Å². The van der Waals surface area contributed by atoms with E-state index in [4.69, 9.17) is 9.27 Å². The number of aryl methyl sites for hydroxylation is 1. The molecular weight excluding hydrogens is 534 g/mol. The number of fused-ring (bicyclic) bond motifs is 3. The molecule has 3 nitrogen and oxygen atoms in total. The maximum absolute atomic E-state index is 13.7. The van der Waals surface area contributed by atoms with E-state index < -0.39 is 7.28 Å². The van der Waals surface area contributed by atoms with Gasteiger partial charge in [-0.3, -0.25) is 0 Å².